The number of hydrogen-bond donors (Lipinski definition) is 1. The molecule has 2 amide bonds. The lowest BCUT2D eigenvalue weighted by Gasteiger charge is -2.30. The molecule has 3 rings (SSSR count). The van der Waals surface area contributed by atoms with E-state index >= 15 is 0 Å². The largest absolute Gasteiger partial charge is 0.337 e. The first-order valence-corrected chi connectivity index (χ1v) is 8.47. The second-order valence-electron chi connectivity index (χ2n) is 6.49. The minimum absolute atomic E-state index is 0.0330. The van der Waals surface area contributed by atoms with Gasteiger partial charge in [-0.25, -0.2) is 13.8 Å². The smallest absolute Gasteiger partial charge is 0.274 e. The number of anilines is 1. The summed E-state index contributed by atoms with van der Waals surface area (Å²) in [5, 5.41) is 2.45. The lowest BCUT2D eigenvalue weighted by atomic mass is 10.00. The van der Waals surface area contributed by atoms with Crippen molar-refractivity contribution in [1.29, 1.82) is 0 Å². The highest BCUT2D eigenvalue weighted by Gasteiger charge is 2.23. The molecule has 0 saturated carbocycles. The van der Waals surface area contributed by atoms with Crippen molar-refractivity contribution >= 4 is 17.5 Å². The molecule has 7 heteroatoms. The van der Waals surface area contributed by atoms with E-state index in [1.54, 1.807) is 17.0 Å². The Morgan fingerprint density at radius 2 is 1.92 bits per heavy atom. The molecular formula is C19H19F2N3O2. The number of hydrogen-bond acceptors (Lipinski definition) is 3. The number of piperidine rings is 1. The summed E-state index contributed by atoms with van der Waals surface area (Å²) in [7, 11) is 0. The summed E-state index contributed by atoms with van der Waals surface area (Å²) in [4.78, 5) is 30.8. The molecule has 0 spiro atoms. The lowest BCUT2D eigenvalue weighted by Crippen LogP contribution is -2.39. The van der Waals surface area contributed by atoms with Gasteiger partial charge in [-0.1, -0.05) is 13.0 Å². The summed E-state index contributed by atoms with van der Waals surface area (Å²) >= 11 is 0. The highest BCUT2D eigenvalue weighted by Crippen LogP contribution is 2.18. The molecule has 5 nitrogen and oxygen atoms in total. The van der Waals surface area contributed by atoms with Crippen LogP contribution >= 0.6 is 0 Å². The van der Waals surface area contributed by atoms with Crippen LogP contribution in [-0.4, -0.2) is 34.8 Å². The topological polar surface area (TPSA) is 62.3 Å². The fourth-order valence-electron chi connectivity index (χ4n) is 2.99. The Kier molecular flexibility index (Phi) is 5.25. The molecule has 1 saturated heterocycles. The van der Waals surface area contributed by atoms with Crippen molar-refractivity contribution in [3.05, 3.63) is 59.4 Å². The van der Waals surface area contributed by atoms with Crippen molar-refractivity contribution in [2.24, 2.45) is 5.92 Å². The van der Waals surface area contributed by atoms with Crippen LogP contribution in [0.5, 0.6) is 0 Å². The van der Waals surface area contributed by atoms with Gasteiger partial charge in [0.2, 0.25) is 0 Å². The fourth-order valence-corrected chi connectivity index (χ4v) is 2.99. The van der Waals surface area contributed by atoms with Gasteiger partial charge in [0.05, 0.1) is 0 Å². The first-order chi connectivity index (χ1) is 12.4. The zero-order chi connectivity index (χ0) is 18.7. The van der Waals surface area contributed by atoms with Crippen molar-refractivity contribution in [3.8, 4) is 0 Å². The molecule has 1 unspecified atom stereocenters. The van der Waals surface area contributed by atoms with Crippen LogP contribution < -0.4 is 5.32 Å². The van der Waals surface area contributed by atoms with Crippen LogP contribution in [0.2, 0.25) is 0 Å². The summed E-state index contributed by atoms with van der Waals surface area (Å²) < 4.78 is 26.2. The average Bonchev–Trinajstić information content (AvgIpc) is 2.64. The van der Waals surface area contributed by atoms with E-state index in [1.165, 1.54) is 12.1 Å². The molecule has 1 aromatic carbocycles. The van der Waals surface area contributed by atoms with E-state index < -0.39 is 17.5 Å². The van der Waals surface area contributed by atoms with Crippen molar-refractivity contribution in [2.75, 3.05) is 18.4 Å². The fraction of sp³-hybridized carbons (Fsp3) is 0.316. The number of rotatable bonds is 3. The number of carbonyl (C=O) groups excluding carboxylic acids is 2. The number of amides is 2. The first kappa shape index (κ1) is 18.0. The molecule has 1 aromatic heterocycles. The predicted octanol–water partition coefficient (Wildman–Crippen LogP) is 3.48. The second-order valence-corrected chi connectivity index (χ2v) is 6.49. The van der Waals surface area contributed by atoms with Crippen LogP contribution in [0, 0.1) is 17.6 Å². The maximum absolute atomic E-state index is 13.2. The highest BCUT2D eigenvalue weighted by molar-refractivity contribution is 6.03. The zero-order valence-electron chi connectivity index (χ0n) is 14.3. The average molecular weight is 359 g/mol. The van der Waals surface area contributed by atoms with Crippen molar-refractivity contribution < 1.29 is 18.4 Å². The summed E-state index contributed by atoms with van der Waals surface area (Å²) in [6.45, 7) is 3.44. The zero-order valence-corrected chi connectivity index (χ0v) is 14.3. The highest BCUT2D eigenvalue weighted by atomic mass is 19.2. The number of benzene rings is 1. The van der Waals surface area contributed by atoms with Crippen molar-refractivity contribution in [1.82, 2.24) is 9.88 Å². The molecule has 2 aromatic rings. The van der Waals surface area contributed by atoms with E-state index in [9.17, 15) is 18.4 Å². The van der Waals surface area contributed by atoms with Crippen LogP contribution in [0.15, 0.2) is 36.4 Å². The van der Waals surface area contributed by atoms with Crippen LogP contribution in [0.1, 0.15) is 40.7 Å². The van der Waals surface area contributed by atoms with Gasteiger partial charge < -0.3 is 10.2 Å². The minimum atomic E-state index is -1.06. The molecular weight excluding hydrogens is 340 g/mol. The Morgan fingerprint density at radius 3 is 2.65 bits per heavy atom. The van der Waals surface area contributed by atoms with E-state index in [4.69, 9.17) is 0 Å². The molecule has 2 heterocycles. The van der Waals surface area contributed by atoms with E-state index in [-0.39, 0.29) is 23.0 Å². The van der Waals surface area contributed by atoms with Crippen LogP contribution in [0.25, 0.3) is 0 Å². The minimum Gasteiger partial charge on any atom is -0.337 e. The third-order valence-corrected chi connectivity index (χ3v) is 4.32. The molecule has 0 radical (unpaired) electrons. The summed E-state index contributed by atoms with van der Waals surface area (Å²) in [6.07, 6.45) is 2.04. The number of likely N-dealkylation sites (tertiary alicyclic amines) is 1. The van der Waals surface area contributed by atoms with Gasteiger partial charge in [0, 0.05) is 24.8 Å². The molecule has 1 aliphatic rings. The maximum atomic E-state index is 13.2. The van der Waals surface area contributed by atoms with Crippen LogP contribution in [0.3, 0.4) is 0 Å². The Morgan fingerprint density at radius 1 is 1.15 bits per heavy atom. The van der Waals surface area contributed by atoms with Gasteiger partial charge in [0.25, 0.3) is 11.8 Å². The SMILES string of the molecule is CC1CCCN(C(=O)c2cccc(C(=O)Nc3ccc(F)c(F)c3)n2)C1. The number of carbonyl (C=O) groups is 2. The van der Waals surface area contributed by atoms with Gasteiger partial charge >= 0.3 is 0 Å². The molecule has 1 fully saturated rings. The Bertz CT molecular complexity index is 841. The van der Waals surface area contributed by atoms with Gasteiger partial charge in [-0.15, -0.1) is 0 Å². The summed E-state index contributed by atoms with van der Waals surface area (Å²) in [5.74, 6) is -2.42. The van der Waals surface area contributed by atoms with E-state index in [1.807, 2.05) is 0 Å². The molecule has 0 bridgehead atoms. The van der Waals surface area contributed by atoms with E-state index in [0.717, 1.165) is 25.0 Å². The number of halogens is 2. The van der Waals surface area contributed by atoms with Gasteiger partial charge in [-0.2, -0.15) is 0 Å². The summed E-state index contributed by atoms with van der Waals surface area (Å²) in [5.41, 5.74) is 0.333. The second kappa shape index (κ2) is 7.59. The number of pyridine rings is 1. The van der Waals surface area contributed by atoms with Crippen molar-refractivity contribution in [3.63, 3.8) is 0 Å². The number of aromatic nitrogens is 1. The monoisotopic (exact) mass is 359 g/mol. The quantitative estimate of drug-likeness (QED) is 0.913. The Balaban J connectivity index is 1.74. The van der Waals surface area contributed by atoms with Gasteiger partial charge in [0.15, 0.2) is 11.6 Å². The molecule has 26 heavy (non-hydrogen) atoms. The third kappa shape index (κ3) is 4.04. The van der Waals surface area contributed by atoms with Crippen LogP contribution in [-0.2, 0) is 0 Å². The predicted molar refractivity (Wildman–Crippen MR) is 92.8 cm³/mol. The van der Waals surface area contributed by atoms with E-state index in [0.29, 0.717) is 19.0 Å². The number of nitrogens with one attached hydrogen (secondary N) is 1. The molecule has 1 atom stereocenters. The van der Waals surface area contributed by atoms with Crippen molar-refractivity contribution in [2.45, 2.75) is 19.8 Å². The normalized spacial score (nSPS) is 17.0. The van der Waals surface area contributed by atoms with Gasteiger partial charge in [-0.3, -0.25) is 9.59 Å². The van der Waals surface area contributed by atoms with E-state index in [2.05, 4.69) is 17.2 Å². The van der Waals surface area contributed by atoms with Gasteiger partial charge in [-0.05, 0) is 43.0 Å². The molecule has 136 valence electrons. The molecule has 1 N–H and O–H groups in total. The Hall–Kier alpha value is -2.83. The summed E-state index contributed by atoms with van der Waals surface area (Å²) in [6, 6.07) is 7.67. The van der Waals surface area contributed by atoms with Gasteiger partial charge in [0.1, 0.15) is 11.4 Å². The Labute approximate surface area is 150 Å². The third-order valence-electron chi connectivity index (χ3n) is 4.32. The first-order valence-electron chi connectivity index (χ1n) is 8.47. The molecule has 1 aliphatic heterocycles. The number of nitrogens with zero attached hydrogens (tertiary/aromatic N) is 2. The lowest BCUT2D eigenvalue weighted by molar-refractivity contribution is 0.0677. The van der Waals surface area contributed by atoms with Crippen LogP contribution in [0.4, 0.5) is 14.5 Å². The standard InChI is InChI=1S/C19H19F2N3O2/c1-12-4-3-9-24(11-12)19(26)17-6-2-5-16(23-17)18(25)22-13-7-8-14(20)15(21)10-13/h2,5-8,10,12H,3-4,9,11H2,1H3,(H,22,25). The molecule has 0 aliphatic carbocycles. The maximum Gasteiger partial charge on any atom is 0.274 e.